The summed E-state index contributed by atoms with van der Waals surface area (Å²) in [5.74, 6) is -0.339. The molecule has 0 aliphatic rings. The van der Waals surface area contributed by atoms with Crippen LogP contribution >= 0.6 is 0 Å². The molecule has 0 bridgehead atoms. The molecular weight excluding hydrogens is 202 g/mol. The van der Waals surface area contributed by atoms with Gasteiger partial charge in [-0.05, 0) is 32.4 Å². The Labute approximate surface area is 95.7 Å². The summed E-state index contributed by atoms with van der Waals surface area (Å²) in [6, 6.07) is 11.0. The Bertz CT molecular complexity index is 390. The molecule has 3 nitrogen and oxygen atoms in total. The monoisotopic (exact) mass is 217 g/mol. The number of benzene rings is 1. The second kappa shape index (κ2) is 5.32. The van der Waals surface area contributed by atoms with Crippen LogP contribution in [0.25, 0.3) is 0 Å². The predicted molar refractivity (Wildman–Crippen MR) is 60.7 cm³/mol. The van der Waals surface area contributed by atoms with Crippen LogP contribution in [0.15, 0.2) is 30.3 Å². The fourth-order valence-corrected chi connectivity index (χ4v) is 1.11. The molecule has 0 aliphatic heterocycles. The molecule has 84 valence electrons. The van der Waals surface area contributed by atoms with Crippen molar-refractivity contribution in [3.05, 3.63) is 35.9 Å². The van der Waals surface area contributed by atoms with E-state index >= 15 is 0 Å². The lowest BCUT2D eigenvalue weighted by Crippen LogP contribution is -2.14. The minimum atomic E-state index is -0.447. The first kappa shape index (κ1) is 12.3. The number of hydrogen-bond acceptors (Lipinski definition) is 3. The SMILES string of the molecule is CC(C)(C#N)CCOC(=O)c1ccccc1. The first-order valence-corrected chi connectivity index (χ1v) is 5.18. The van der Waals surface area contributed by atoms with Gasteiger partial charge in [-0.2, -0.15) is 5.26 Å². The van der Waals surface area contributed by atoms with E-state index in [0.717, 1.165) is 0 Å². The van der Waals surface area contributed by atoms with E-state index < -0.39 is 5.41 Å². The van der Waals surface area contributed by atoms with Gasteiger partial charge in [-0.1, -0.05) is 18.2 Å². The number of nitriles is 1. The lowest BCUT2D eigenvalue weighted by molar-refractivity contribution is 0.0475. The highest BCUT2D eigenvalue weighted by Gasteiger charge is 2.17. The van der Waals surface area contributed by atoms with Crippen LogP contribution < -0.4 is 0 Å². The highest BCUT2D eigenvalue weighted by atomic mass is 16.5. The Balaban J connectivity index is 2.41. The summed E-state index contributed by atoms with van der Waals surface area (Å²) in [5, 5.41) is 8.79. The molecule has 0 aliphatic carbocycles. The lowest BCUT2D eigenvalue weighted by atomic mass is 9.92. The fraction of sp³-hybridized carbons (Fsp3) is 0.385. The molecule has 0 amide bonds. The Morgan fingerprint density at radius 1 is 1.38 bits per heavy atom. The van der Waals surface area contributed by atoms with Crippen LogP contribution in [-0.4, -0.2) is 12.6 Å². The Morgan fingerprint density at radius 2 is 2.00 bits per heavy atom. The molecule has 0 heterocycles. The Morgan fingerprint density at radius 3 is 2.56 bits per heavy atom. The van der Waals surface area contributed by atoms with Gasteiger partial charge in [0.1, 0.15) is 0 Å². The standard InChI is InChI=1S/C13H15NO2/c1-13(2,10-14)8-9-16-12(15)11-6-4-3-5-7-11/h3-7H,8-9H2,1-2H3. The van der Waals surface area contributed by atoms with Gasteiger partial charge in [0.25, 0.3) is 0 Å². The van der Waals surface area contributed by atoms with E-state index in [1.54, 1.807) is 24.3 Å². The maximum absolute atomic E-state index is 11.5. The fourth-order valence-electron chi connectivity index (χ4n) is 1.11. The summed E-state index contributed by atoms with van der Waals surface area (Å²) in [5.41, 5.74) is 0.0917. The molecule has 0 saturated heterocycles. The van der Waals surface area contributed by atoms with Crippen molar-refractivity contribution in [2.24, 2.45) is 5.41 Å². The van der Waals surface area contributed by atoms with Crippen molar-refractivity contribution in [2.45, 2.75) is 20.3 Å². The van der Waals surface area contributed by atoms with Gasteiger partial charge in [0.05, 0.1) is 23.7 Å². The van der Waals surface area contributed by atoms with Crippen molar-refractivity contribution in [2.75, 3.05) is 6.61 Å². The van der Waals surface area contributed by atoms with Crippen molar-refractivity contribution >= 4 is 5.97 Å². The van der Waals surface area contributed by atoms with Crippen molar-refractivity contribution in [1.29, 1.82) is 5.26 Å². The van der Waals surface area contributed by atoms with Gasteiger partial charge in [-0.15, -0.1) is 0 Å². The molecular formula is C13H15NO2. The van der Waals surface area contributed by atoms with Gasteiger partial charge in [-0.3, -0.25) is 0 Å². The summed E-state index contributed by atoms with van der Waals surface area (Å²) in [7, 11) is 0. The summed E-state index contributed by atoms with van der Waals surface area (Å²) in [6.07, 6.45) is 0.544. The quantitative estimate of drug-likeness (QED) is 0.728. The van der Waals surface area contributed by atoms with E-state index in [0.29, 0.717) is 12.0 Å². The number of esters is 1. The van der Waals surface area contributed by atoms with E-state index in [1.165, 1.54) is 0 Å². The third kappa shape index (κ3) is 3.74. The van der Waals surface area contributed by atoms with Gasteiger partial charge < -0.3 is 4.74 Å². The Kier molecular flexibility index (Phi) is 4.07. The molecule has 0 unspecified atom stereocenters. The molecule has 0 N–H and O–H groups in total. The number of carbonyl (C=O) groups is 1. The molecule has 3 heteroatoms. The molecule has 1 aromatic carbocycles. The average Bonchev–Trinajstić information content (AvgIpc) is 2.30. The maximum Gasteiger partial charge on any atom is 0.338 e. The topological polar surface area (TPSA) is 50.1 Å². The van der Waals surface area contributed by atoms with Crippen LogP contribution in [0.5, 0.6) is 0 Å². The largest absolute Gasteiger partial charge is 0.462 e. The summed E-state index contributed by atoms with van der Waals surface area (Å²) < 4.78 is 5.08. The van der Waals surface area contributed by atoms with Crippen LogP contribution in [0.2, 0.25) is 0 Å². The number of nitrogens with zero attached hydrogens (tertiary/aromatic N) is 1. The molecule has 1 aromatic rings. The van der Waals surface area contributed by atoms with E-state index in [1.807, 2.05) is 19.9 Å². The highest BCUT2D eigenvalue weighted by Crippen LogP contribution is 2.18. The van der Waals surface area contributed by atoms with E-state index in [2.05, 4.69) is 6.07 Å². The van der Waals surface area contributed by atoms with Gasteiger partial charge in [-0.25, -0.2) is 4.79 Å². The minimum Gasteiger partial charge on any atom is -0.462 e. The number of ether oxygens (including phenoxy) is 1. The zero-order valence-electron chi connectivity index (χ0n) is 9.56. The van der Waals surface area contributed by atoms with Gasteiger partial charge in [0.2, 0.25) is 0 Å². The number of hydrogen-bond donors (Lipinski definition) is 0. The molecule has 1 rings (SSSR count). The summed E-state index contributed by atoms with van der Waals surface area (Å²) >= 11 is 0. The first-order chi connectivity index (χ1) is 7.55. The number of carbonyl (C=O) groups excluding carboxylic acids is 1. The van der Waals surface area contributed by atoms with Gasteiger partial charge in [0, 0.05) is 0 Å². The zero-order chi connectivity index (χ0) is 12.0. The number of rotatable bonds is 4. The van der Waals surface area contributed by atoms with Crippen molar-refractivity contribution in [3.8, 4) is 6.07 Å². The van der Waals surface area contributed by atoms with Crippen molar-refractivity contribution in [1.82, 2.24) is 0 Å². The maximum atomic E-state index is 11.5. The second-order valence-electron chi connectivity index (χ2n) is 4.25. The smallest absolute Gasteiger partial charge is 0.338 e. The highest BCUT2D eigenvalue weighted by molar-refractivity contribution is 5.89. The molecule has 0 fully saturated rings. The van der Waals surface area contributed by atoms with Gasteiger partial charge in [0.15, 0.2) is 0 Å². The van der Waals surface area contributed by atoms with E-state index in [-0.39, 0.29) is 12.6 Å². The molecule has 0 saturated carbocycles. The normalized spacial score (nSPS) is 10.6. The third-order valence-electron chi connectivity index (χ3n) is 2.27. The van der Waals surface area contributed by atoms with E-state index in [9.17, 15) is 4.79 Å². The van der Waals surface area contributed by atoms with E-state index in [4.69, 9.17) is 10.00 Å². The van der Waals surface area contributed by atoms with Crippen molar-refractivity contribution < 1.29 is 9.53 Å². The van der Waals surface area contributed by atoms with Crippen LogP contribution in [0.4, 0.5) is 0 Å². The summed E-state index contributed by atoms with van der Waals surface area (Å²) in [4.78, 5) is 11.5. The van der Waals surface area contributed by atoms with Gasteiger partial charge >= 0.3 is 5.97 Å². The van der Waals surface area contributed by atoms with Crippen LogP contribution in [0.3, 0.4) is 0 Å². The molecule has 0 aromatic heterocycles. The van der Waals surface area contributed by atoms with Crippen LogP contribution in [0, 0.1) is 16.7 Å². The zero-order valence-corrected chi connectivity index (χ0v) is 9.56. The molecule has 16 heavy (non-hydrogen) atoms. The van der Waals surface area contributed by atoms with Crippen LogP contribution in [0.1, 0.15) is 30.6 Å². The third-order valence-corrected chi connectivity index (χ3v) is 2.27. The first-order valence-electron chi connectivity index (χ1n) is 5.18. The molecule has 0 radical (unpaired) electrons. The lowest BCUT2D eigenvalue weighted by Gasteiger charge is -2.14. The van der Waals surface area contributed by atoms with Crippen molar-refractivity contribution in [3.63, 3.8) is 0 Å². The predicted octanol–water partition coefficient (Wildman–Crippen LogP) is 2.78. The van der Waals surface area contributed by atoms with Crippen LogP contribution in [-0.2, 0) is 4.74 Å². The molecule has 0 spiro atoms. The molecule has 0 atom stereocenters. The second-order valence-corrected chi connectivity index (χ2v) is 4.25. The average molecular weight is 217 g/mol. The Hall–Kier alpha value is -1.82. The minimum absolute atomic E-state index is 0.272. The summed E-state index contributed by atoms with van der Waals surface area (Å²) in [6.45, 7) is 3.92.